The molecule has 0 bridgehead atoms. The van der Waals surface area contributed by atoms with E-state index in [2.05, 4.69) is 5.32 Å². The Morgan fingerprint density at radius 3 is 1.66 bits per heavy atom. The average molecular weight is 520 g/mol. The molecule has 0 heterocycles. The molecule has 1 amide bonds. The van der Waals surface area contributed by atoms with Crippen LogP contribution in [0, 0.1) is 5.82 Å². The van der Waals surface area contributed by atoms with Crippen LogP contribution < -0.4 is 5.32 Å². The van der Waals surface area contributed by atoms with Crippen molar-refractivity contribution >= 4 is 52.7 Å². The van der Waals surface area contributed by atoms with E-state index in [1.165, 1.54) is 54.6 Å². The average Bonchev–Trinajstić information content (AvgIpc) is 2.82. The number of nitrogens with one attached hydrogen (secondary N) is 1. The quantitative estimate of drug-likeness (QED) is 0.417. The van der Waals surface area contributed by atoms with E-state index in [0.29, 0.717) is 0 Å². The highest BCUT2D eigenvalue weighted by Gasteiger charge is 2.41. The molecule has 0 aliphatic heterocycles. The molecule has 0 aliphatic carbocycles. The largest absolute Gasteiger partial charge is 0.478 e. The molecule has 0 radical (unpaired) electrons. The van der Waals surface area contributed by atoms with Crippen LogP contribution in [-0.2, 0) is 19.1 Å². The number of esters is 2. The van der Waals surface area contributed by atoms with Gasteiger partial charge in [-0.15, -0.1) is 0 Å². The number of carboxylic acid groups (broad SMARTS) is 1. The first-order chi connectivity index (χ1) is 16.7. The minimum Gasteiger partial charge on any atom is -0.478 e. The van der Waals surface area contributed by atoms with E-state index in [9.17, 15) is 28.7 Å². The molecular formula is C24H16Cl2FNO7. The first kappa shape index (κ1) is 25.7. The number of halogens is 3. The molecule has 0 aromatic heterocycles. The molecule has 3 aromatic rings. The van der Waals surface area contributed by atoms with Gasteiger partial charge in [0, 0.05) is 5.69 Å². The summed E-state index contributed by atoms with van der Waals surface area (Å²) < 4.78 is 23.4. The Morgan fingerprint density at radius 1 is 0.743 bits per heavy atom. The molecule has 0 spiro atoms. The van der Waals surface area contributed by atoms with Crippen molar-refractivity contribution in [3.05, 3.63) is 99.8 Å². The Labute approximate surface area is 208 Å². The molecule has 11 heteroatoms. The minimum atomic E-state index is -2.27. The van der Waals surface area contributed by atoms with Gasteiger partial charge in [0.25, 0.3) is 5.91 Å². The second kappa shape index (κ2) is 11.5. The van der Waals surface area contributed by atoms with Crippen molar-refractivity contribution in [3.63, 3.8) is 0 Å². The Balaban J connectivity index is 1.93. The Bertz CT molecular complexity index is 1270. The van der Waals surface area contributed by atoms with Crippen molar-refractivity contribution in [1.29, 1.82) is 0 Å². The number of carbonyl (C=O) groups is 4. The van der Waals surface area contributed by atoms with Gasteiger partial charge in [-0.1, -0.05) is 47.5 Å². The number of anilines is 1. The van der Waals surface area contributed by atoms with Crippen molar-refractivity contribution in [3.8, 4) is 0 Å². The number of hydrogen-bond donors (Lipinski definition) is 2. The summed E-state index contributed by atoms with van der Waals surface area (Å²) in [7, 11) is 0. The fourth-order valence-corrected chi connectivity index (χ4v) is 3.28. The molecule has 0 saturated heterocycles. The van der Waals surface area contributed by atoms with Gasteiger partial charge in [-0.3, -0.25) is 4.79 Å². The maximum absolute atomic E-state index is 13.2. The maximum atomic E-state index is 13.2. The Hall–Kier alpha value is -3.95. The maximum Gasteiger partial charge on any atom is 0.349 e. The summed E-state index contributed by atoms with van der Waals surface area (Å²) in [6, 6.07) is 15.9. The van der Waals surface area contributed by atoms with Gasteiger partial charge in [0.05, 0.1) is 21.2 Å². The number of ether oxygens (including phenoxy) is 2. The smallest absolute Gasteiger partial charge is 0.349 e. The van der Waals surface area contributed by atoms with Crippen LogP contribution in [0.3, 0.4) is 0 Å². The van der Waals surface area contributed by atoms with Gasteiger partial charge in [0.2, 0.25) is 12.2 Å². The number of carbonyl (C=O) groups excluding carboxylic acids is 3. The third-order valence-corrected chi connectivity index (χ3v) is 5.20. The molecule has 3 rings (SSSR count). The minimum absolute atomic E-state index is 0.0184. The number of carboxylic acids is 1. The molecule has 2 atom stereocenters. The fourth-order valence-electron chi connectivity index (χ4n) is 2.85. The first-order valence-corrected chi connectivity index (χ1v) is 10.6. The van der Waals surface area contributed by atoms with Crippen LogP contribution in [0.15, 0.2) is 72.8 Å². The van der Waals surface area contributed by atoms with E-state index in [4.69, 9.17) is 32.7 Å². The summed E-state index contributed by atoms with van der Waals surface area (Å²) in [4.78, 5) is 50.3. The molecule has 180 valence electrons. The summed E-state index contributed by atoms with van der Waals surface area (Å²) in [5, 5.41) is 12.0. The van der Waals surface area contributed by atoms with E-state index < -0.39 is 41.8 Å². The van der Waals surface area contributed by atoms with Gasteiger partial charge in [-0.05, 0) is 48.5 Å². The zero-order valence-electron chi connectivity index (χ0n) is 17.6. The van der Waals surface area contributed by atoms with Crippen LogP contribution in [0.1, 0.15) is 20.7 Å². The van der Waals surface area contributed by atoms with Gasteiger partial charge in [-0.25, -0.2) is 18.8 Å². The summed E-state index contributed by atoms with van der Waals surface area (Å²) in [5.41, 5.74) is -0.261. The van der Waals surface area contributed by atoms with Crippen molar-refractivity contribution in [2.24, 2.45) is 0 Å². The van der Waals surface area contributed by atoms with Crippen LogP contribution in [0.4, 0.5) is 10.1 Å². The molecule has 0 unspecified atom stereocenters. The van der Waals surface area contributed by atoms with Crippen molar-refractivity contribution in [2.45, 2.75) is 12.2 Å². The van der Waals surface area contributed by atoms with Crippen LogP contribution in [-0.4, -0.2) is 41.1 Å². The Morgan fingerprint density at radius 2 is 1.20 bits per heavy atom. The van der Waals surface area contributed by atoms with Crippen LogP contribution in [0.25, 0.3) is 0 Å². The topological polar surface area (TPSA) is 119 Å². The number of amides is 1. The van der Waals surface area contributed by atoms with E-state index in [1.807, 2.05) is 0 Å². The Kier molecular flexibility index (Phi) is 8.40. The molecule has 2 N–H and O–H groups in total. The summed E-state index contributed by atoms with van der Waals surface area (Å²) in [5.74, 6) is -5.83. The lowest BCUT2D eigenvalue weighted by Crippen LogP contribution is -2.48. The SMILES string of the molecule is O=C(O[C@H](C(=O)O)[C@@H](OC(=O)c1ccccc1Cl)C(=O)Nc1ccc(F)cc1)c1ccccc1Cl. The van der Waals surface area contributed by atoms with Crippen molar-refractivity contribution in [2.75, 3.05) is 5.32 Å². The third kappa shape index (κ3) is 6.56. The van der Waals surface area contributed by atoms with Crippen molar-refractivity contribution in [1.82, 2.24) is 0 Å². The van der Waals surface area contributed by atoms with Gasteiger partial charge in [0.15, 0.2) is 0 Å². The molecular weight excluding hydrogens is 504 g/mol. The molecule has 35 heavy (non-hydrogen) atoms. The second-order valence-corrected chi connectivity index (χ2v) is 7.76. The van der Waals surface area contributed by atoms with Crippen LogP contribution in [0.5, 0.6) is 0 Å². The standard InChI is InChI=1S/C24H16Cl2FNO7/c25-17-7-3-1-5-15(17)23(32)34-19(21(29)28-14-11-9-13(27)10-12-14)20(22(30)31)35-24(33)16-6-2-4-8-18(16)26/h1-12,19-20H,(H,28,29)(H,30,31)/t19-,20+/m1/s1. The fraction of sp³-hybridized carbons (Fsp3) is 0.0833. The lowest BCUT2D eigenvalue weighted by atomic mass is 10.1. The molecule has 0 fully saturated rings. The van der Waals surface area contributed by atoms with Crippen LogP contribution in [0.2, 0.25) is 10.0 Å². The molecule has 8 nitrogen and oxygen atoms in total. The zero-order chi connectivity index (χ0) is 25.5. The molecule has 3 aromatic carbocycles. The lowest BCUT2D eigenvalue weighted by molar-refractivity contribution is -0.157. The summed E-state index contributed by atoms with van der Waals surface area (Å²) >= 11 is 12.0. The number of rotatable bonds is 8. The lowest BCUT2D eigenvalue weighted by Gasteiger charge is -2.24. The molecule has 0 aliphatic rings. The first-order valence-electron chi connectivity index (χ1n) is 9.87. The van der Waals surface area contributed by atoms with Crippen LogP contribution >= 0.6 is 23.2 Å². The van der Waals surface area contributed by atoms with Gasteiger partial charge < -0.3 is 19.9 Å². The number of aliphatic carboxylic acids is 1. The highest BCUT2D eigenvalue weighted by atomic mass is 35.5. The summed E-state index contributed by atoms with van der Waals surface area (Å²) in [6.07, 6.45) is -4.43. The highest BCUT2D eigenvalue weighted by Crippen LogP contribution is 2.21. The molecule has 0 saturated carbocycles. The van der Waals surface area contributed by atoms with E-state index in [-0.39, 0.29) is 26.9 Å². The zero-order valence-corrected chi connectivity index (χ0v) is 19.1. The third-order valence-electron chi connectivity index (χ3n) is 4.54. The van der Waals surface area contributed by atoms with Crippen molar-refractivity contribution < 1.29 is 38.1 Å². The van der Waals surface area contributed by atoms with E-state index in [1.54, 1.807) is 6.07 Å². The van der Waals surface area contributed by atoms with E-state index >= 15 is 0 Å². The second-order valence-electron chi connectivity index (χ2n) is 6.95. The monoisotopic (exact) mass is 519 g/mol. The van der Waals surface area contributed by atoms with E-state index in [0.717, 1.165) is 12.1 Å². The van der Waals surface area contributed by atoms with Gasteiger partial charge >= 0.3 is 17.9 Å². The van der Waals surface area contributed by atoms with Gasteiger partial charge in [0.1, 0.15) is 5.82 Å². The predicted octanol–water partition coefficient (Wildman–Crippen LogP) is 4.61. The van der Waals surface area contributed by atoms with Gasteiger partial charge in [-0.2, -0.15) is 0 Å². The number of benzene rings is 3. The number of hydrogen-bond acceptors (Lipinski definition) is 6. The normalized spacial score (nSPS) is 12.2. The highest BCUT2D eigenvalue weighted by molar-refractivity contribution is 6.34. The summed E-state index contributed by atoms with van der Waals surface area (Å²) in [6.45, 7) is 0. The predicted molar refractivity (Wildman–Crippen MR) is 124 cm³/mol.